The molecule has 0 heterocycles. The Morgan fingerprint density at radius 3 is 2.64 bits per heavy atom. The van der Waals surface area contributed by atoms with E-state index in [0.29, 0.717) is 17.8 Å². The van der Waals surface area contributed by atoms with Gasteiger partial charge in [0.25, 0.3) is 0 Å². The lowest BCUT2D eigenvalue weighted by Gasteiger charge is -2.30. The van der Waals surface area contributed by atoms with Crippen molar-refractivity contribution < 1.29 is 9.84 Å². The molecule has 0 aromatic heterocycles. The molecule has 1 rings (SSSR count). The molecular formula is C12H22O2. The van der Waals surface area contributed by atoms with E-state index in [9.17, 15) is 5.11 Å². The topological polar surface area (TPSA) is 29.5 Å². The number of ether oxygens (including phenoxy) is 1. The third-order valence-corrected chi connectivity index (χ3v) is 3.12. The molecule has 3 atom stereocenters. The summed E-state index contributed by atoms with van der Waals surface area (Å²) in [6.45, 7) is 5.15. The van der Waals surface area contributed by atoms with Crippen LogP contribution in [-0.4, -0.2) is 24.9 Å². The van der Waals surface area contributed by atoms with Crippen LogP contribution in [0.3, 0.4) is 0 Å². The van der Waals surface area contributed by atoms with Gasteiger partial charge in [0.05, 0.1) is 6.10 Å². The zero-order valence-corrected chi connectivity index (χ0v) is 9.44. The van der Waals surface area contributed by atoms with Crippen molar-refractivity contribution in [2.24, 2.45) is 17.8 Å². The second-order valence-corrected chi connectivity index (χ2v) is 4.54. The predicted molar refractivity (Wildman–Crippen MR) is 58.1 cm³/mol. The number of hydrogen-bond donors (Lipinski definition) is 1. The van der Waals surface area contributed by atoms with Crippen LogP contribution in [0.2, 0.25) is 0 Å². The molecule has 0 spiro atoms. The van der Waals surface area contributed by atoms with E-state index in [-0.39, 0.29) is 6.10 Å². The van der Waals surface area contributed by atoms with Gasteiger partial charge in [-0.3, -0.25) is 0 Å². The highest BCUT2D eigenvalue weighted by Crippen LogP contribution is 2.29. The minimum Gasteiger partial charge on any atom is -0.392 e. The van der Waals surface area contributed by atoms with Gasteiger partial charge >= 0.3 is 0 Å². The molecule has 3 unspecified atom stereocenters. The lowest BCUT2D eigenvalue weighted by atomic mass is 9.79. The molecule has 14 heavy (non-hydrogen) atoms. The molecule has 0 aromatic carbocycles. The van der Waals surface area contributed by atoms with Crippen LogP contribution < -0.4 is 0 Å². The van der Waals surface area contributed by atoms with Crippen molar-refractivity contribution in [3.8, 4) is 0 Å². The van der Waals surface area contributed by atoms with Crippen LogP contribution in [0.25, 0.3) is 0 Å². The van der Waals surface area contributed by atoms with Gasteiger partial charge in [0, 0.05) is 19.6 Å². The number of hydrogen-bond acceptors (Lipinski definition) is 2. The Labute approximate surface area is 87.0 Å². The van der Waals surface area contributed by atoms with Gasteiger partial charge in [0.15, 0.2) is 0 Å². The van der Waals surface area contributed by atoms with E-state index in [1.54, 1.807) is 7.11 Å². The summed E-state index contributed by atoms with van der Waals surface area (Å²) in [5.41, 5.74) is 0. The maximum absolute atomic E-state index is 9.91. The summed E-state index contributed by atoms with van der Waals surface area (Å²) in [5.74, 6) is 1.47. The molecule has 0 saturated carbocycles. The first-order chi connectivity index (χ1) is 6.65. The van der Waals surface area contributed by atoms with Crippen LogP contribution in [-0.2, 0) is 4.74 Å². The summed E-state index contributed by atoms with van der Waals surface area (Å²) >= 11 is 0. The minimum atomic E-state index is -0.178. The Balaban J connectivity index is 2.46. The Morgan fingerprint density at radius 2 is 2.14 bits per heavy atom. The zero-order valence-electron chi connectivity index (χ0n) is 9.44. The van der Waals surface area contributed by atoms with Crippen LogP contribution in [0.5, 0.6) is 0 Å². The maximum Gasteiger partial charge on any atom is 0.0609 e. The Hall–Kier alpha value is -0.340. The largest absolute Gasteiger partial charge is 0.392 e. The van der Waals surface area contributed by atoms with E-state index < -0.39 is 0 Å². The Morgan fingerprint density at radius 1 is 1.43 bits per heavy atom. The van der Waals surface area contributed by atoms with E-state index in [1.165, 1.54) is 0 Å². The summed E-state index contributed by atoms with van der Waals surface area (Å²) in [6, 6.07) is 0. The van der Waals surface area contributed by atoms with E-state index in [2.05, 4.69) is 26.0 Å². The summed E-state index contributed by atoms with van der Waals surface area (Å²) in [6.07, 6.45) is 6.08. The number of aliphatic hydroxyl groups is 1. The Bertz CT molecular complexity index is 187. The molecule has 0 bridgehead atoms. The van der Waals surface area contributed by atoms with Crippen molar-refractivity contribution in [2.75, 3.05) is 13.7 Å². The molecule has 2 heteroatoms. The quantitative estimate of drug-likeness (QED) is 0.702. The van der Waals surface area contributed by atoms with Crippen molar-refractivity contribution >= 4 is 0 Å². The van der Waals surface area contributed by atoms with Crippen molar-refractivity contribution in [1.29, 1.82) is 0 Å². The first-order valence-corrected chi connectivity index (χ1v) is 5.50. The maximum atomic E-state index is 9.91. The first kappa shape index (κ1) is 11.7. The molecular weight excluding hydrogens is 176 g/mol. The number of methoxy groups -OCH3 is 1. The second-order valence-electron chi connectivity index (χ2n) is 4.54. The van der Waals surface area contributed by atoms with Gasteiger partial charge in [-0.05, 0) is 24.7 Å². The minimum absolute atomic E-state index is 0.178. The lowest BCUT2D eigenvalue weighted by Crippen LogP contribution is -2.28. The summed E-state index contributed by atoms with van der Waals surface area (Å²) in [5, 5.41) is 9.91. The fourth-order valence-corrected chi connectivity index (χ4v) is 1.98. The lowest BCUT2D eigenvalue weighted by molar-refractivity contribution is 0.0724. The molecule has 0 amide bonds. The van der Waals surface area contributed by atoms with E-state index in [1.807, 2.05) is 0 Å². The van der Waals surface area contributed by atoms with Crippen molar-refractivity contribution in [3.05, 3.63) is 12.2 Å². The van der Waals surface area contributed by atoms with Crippen molar-refractivity contribution in [1.82, 2.24) is 0 Å². The SMILES string of the molecule is COCCC1C=CC(C(C)C)CC1O. The molecule has 0 aliphatic heterocycles. The summed E-state index contributed by atoms with van der Waals surface area (Å²) in [4.78, 5) is 0. The fourth-order valence-electron chi connectivity index (χ4n) is 1.98. The van der Waals surface area contributed by atoms with Crippen LogP contribution >= 0.6 is 0 Å². The predicted octanol–water partition coefficient (Wildman–Crippen LogP) is 2.23. The fraction of sp³-hybridized carbons (Fsp3) is 0.833. The van der Waals surface area contributed by atoms with Crippen LogP contribution in [0, 0.1) is 17.8 Å². The van der Waals surface area contributed by atoms with Crippen LogP contribution in [0.1, 0.15) is 26.7 Å². The first-order valence-electron chi connectivity index (χ1n) is 5.50. The molecule has 0 fully saturated rings. The van der Waals surface area contributed by atoms with E-state index in [0.717, 1.165) is 19.4 Å². The van der Waals surface area contributed by atoms with Gasteiger partial charge in [0.1, 0.15) is 0 Å². The average molecular weight is 198 g/mol. The highest BCUT2D eigenvalue weighted by Gasteiger charge is 2.25. The number of rotatable bonds is 4. The summed E-state index contributed by atoms with van der Waals surface area (Å²) in [7, 11) is 1.70. The molecule has 2 nitrogen and oxygen atoms in total. The monoisotopic (exact) mass is 198 g/mol. The third kappa shape index (κ3) is 3.10. The molecule has 0 aromatic rings. The normalized spacial score (nSPS) is 32.5. The Kier molecular flexibility index (Phi) is 4.63. The van der Waals surface area contributed by atoms with E-state index in [4.69, 9.17) is 4.74 Å². The van der Waals surface area contributed by atoms with Gasteiger partial charge in [0.2, 0.25) is 0 Å². The van der Waals surface area contributed by atoms with Crippen LogP contribution in [0.4, 0.5) is 0 Å². The molecule has 1 aliphatic rings. The number of aliphatic hydroxyl groups excluding tert-OH is 1. The standard InChI is InChI=1S/C12H22O2/c1-9(2)11-5-4-10(6-7-14-3)12(13)8-11/h4-5,9-13H,6-8H2,1-3H3. The molecule has 0 saturated heterocycles. The van der Waals surface area contributed by atoms with Gasteiger partial charge in [-0.1, -0.05) is 26.0 Å². The highest BCUT2D eigenvalue weighted by atomic mass is 16.5. The van der Waals surface area contributed by atoms with Gasteiger partial charge in [-0.25, -0.2) is 0 Å². The summed E-state index contributed by atoms with van der Waals surface area (Å²) < 4.78 is 5.02. The smallest absolute Gasteiger partial charge is 0.0609 e. The molecule has 1 aliphatic carbocycles. The van der Waals surface area contributed by atoms with Crippen molar-refractivity contribution in [2.45, 2.75) is 32.8 Å². The van der Waals surface area contributed by atoms with Gasteiger partial charge in [-0.15, -0.1) is 0 Å². The van der Waals surface area contributed by atoms with E-state index >= 15 is 0 Å². The average Bonchev–Trinajstić information content (AvgIpc) is 2.15. The second kappa shape index (κ2) is 5.52. The van der Waals surface area contributed by atoms with Crippen molar-refractivity contribution in [3.63, 3.8) is 0 Å². The highest BCUT2D eigenvalue weighted by molar-refractivity contribution is 5.02. The zero-order chi connectivity index (χ0) is 10.6. The van der Waals surface area contributed by atoms with Gasteiger partial charge < -0.3 is 9.84 Å². The van der Waals surface area contributed by atoms with Crippen LogP contribution in [0.15, 0.2) is 12.2 Å². The molecule has 1 N–H and O–H groups in total. The molecule has 0 radical (unpaired) electrons. The number of allylic oxidation sites excluding steroid dienone is 1. The molecule has 82 valence electrons. The van der Waals surface area contributed by atoms with Gasteiger partial charge in [-0.2, -0.15) is 0 Å². The third-order valence-electron chi connectivity index (χ3n) is 3.12.